The maximum Gasteiger partial charge on any atom is 0.188 e. The van der Waals surface area contributed by atoms with E-state index < -0.39 is 0 Å². The van der Waals surface area contributed by atoms with Gasteiger partial charge in [0.05, 0.1) is 13.2 Å². The minimum atomic E-state index is 0. The van der Waals surface area contributed by atoms with Crippen molar-refractivity contribution in [1.29, 1.82) is 0 Å². The summed E-state index contributed by atoms with van der Waals surface area (Å²) >= 11 is 0. The van der Waals surface area contributed by atoms with E-state index in [0.29, 0.717) is 31.1 Å². The van der Waals surface area contributed by atoms with Crippen LogP contribution in [0.15, 0.2) is 4.99 Å². The van der Waals surface area contributed by atoms with Crippen molar-refractivity contribution in [2.24, 2.45) is 16.6 Å². The highest BCUT2D eigenvalue weighted by Crippen LogP contribution is 2.18. The average molecular weight is 384 g/mol. The maximum atomic E-state index is 5.80. The largest absolute Gasteiger partial charge is 0.383 e. The number of rotatable bonds is 7. The van der Waals surface area contributed by atoms with Crippen LogP contribution < -0.4 is 11.1 Å². The number of hydrogen-bond acceptors (Lipinski definition) is 3. The molecule has 114 valence electrons. The predicted molar refractivity (Wildman–Crippen MR) is 91.2 cm³/mol. The number of ether oxygens (including phenoxy) is 1. The second-order valence-corrected chi connectivity index (χ2v) is 5.33. The van der Waals surface area contributed by atoms with Crippen LogP contribution in [-0.2, 0) is 4.74 Å². The Labute approximate surface area is 134 Å². The minimum Gasteiger partial charge on any atom is -0.383 e. The molecule has 0 radical (unpaired) electrons. The first kappa shape index (κ1) is 18.9. The molecule has 1 rings (SSSR count). The van der Waals surface area contributed by atoms with E-state index in [1.165, 1.54) is 19.4 Å². The molecule has 1 aliphatic heterocycles. The summed E-state index contributed by atoms with van der Waals surface area (Å²) in [5.41, 5.74) is 5.80. The number of methoxy groups -OCH3 is 1. The summed E-state index contributed by atoms with van der Waals surface area (Å²) in [6.07, 6.45) is 2.52. The van der Waals surface area contributed by atoms with Crippen LogP contribution in [0.5, 0.6) is 0 Å². The lowest BCUT2D eigenvalue weighted by molar-refractivity contribution is 0.203. The van der Waals surface area contributed by atoms with E-state index in [1.54, 1.807) is 7.11 Å². The molecule has 1 atom stereocenters. The fourth-order valence-electron chi connectivity index (χ4n) is 2.35. The monoisotopic (exact) mass is 384 g/mol. The molecule has 0 saturated carbocycles. The zero-order valence-electron chi connectivity index (χ0n) is 12.4. The highest BCUT2D eigenvalue weighted by molar-refractivity contribution is 14.0. The van der Waals surface area contributed by atoms with Crippen molar-refractivity contribution in [1.82, 2.24) is 10.2 Å². The fraction of sp³-hybridized carbons (Fsp3) is 0.923. The van der Waals surface area contributed by atoms with E-state index >= 15 is 0 Å². The summed E-state index contributed by atoms with van der Waals surface area (Å²) in [7, 11) is 1.68. The van der Waals surface area contributed by atoms with Crippen molar-refractivity contribution in [3.8, 4) is 0 Å². The van der Waals surface area contributed by atoms with Gasteiger partial charge in [0.1, 0.15) is 0 Å². The van der Waals surface area contributed by atoms with Gasteiger partial charge in [0.2, 0.25) is 0 Å². The molecule has 1 saturated heterocycles. The van der Waals surface area contributed by atoms with Gasteiger partial charge < -0.3 is 15.8 Å². The highest BCUT2D eigenvalue weighted by atomic mass is 127. The van der Waals surface area contributed by atoms with Gasteiger partial charge >= 0.3 is 0 Å². The Morgan fingerprint density at radius 2 is 2.26 bits per heavy atom. The Morgan fingerprint density at radius 3 is 2.89 bits per heavy atom. The van der Waals surface area contributed by atoms with Gasteiger partial charge in [-0.2, -0.15) is 0 Å². The normalized spacial score (nSPS) is 20.6. The summed E-state index contributed by atoms with van der Waals surface area (Å²) in [6.45, 7) is 9.06. The van der Waals surface area contributed by atoms with Gasteiger partial charge in [-0.15, -0.1) is 24.0 Å². The van der Waals surface area contributed by atoms with Crippen molar-refractivity contribution in [2.45, 2.75) is 32.7 Å². The van der Waals surface area contributed by atoms with Crippen molar-refractivity contribution in [3.63, 3.8) is 0 Å². The van der Waals surface area contributed by atoms with Gasteiger partial charge in [0.25, 0.3) is 0 Å². The fourth-order valence-corrected chi connectivity index (χ4v) is 2.35. The number of likely N-dealkylation sites (tertiary alicyclic amines) is 1. The lowest BCUT2D eigenvalue weighted by Crippen LogP contribution is -2.38. The van der Waals surface area contributed by atoms with Crippen molar-refractivity contribution < 1.29 is 4.74 Å². The molecule has 1 heterocycles. The molecule has 0 spiro atoms. The third kappa shape index (κ3) is 7.94. The first-order valence-electron chi connectivity index (χ1n) is 6.90. The van der Waals surface area contributed by atoms with E-state index in [9.17, 15) is 0 Å². The van der Waals surface area contributed by atoms with Gasteiger partial charge in [0.15, 0.2) is 5.96 Å². The van der Waals surface area contributed by atoms with E-state index in [1.807, 2.05) is 0 Å². The van der Waals surface area contributed by atoms with Crippen molar-refractivity contribution >= 4 is 29.9 Å². The van der Waals surface area contributed by atoms with E-state index in [-0.39, 0.29) is 24.0 Å². The Balaban J connectivity index is 0.00000324. The Kier molecular flexibility index (Phi) is 10.6. The molecule has 3 N–H and O–H groups in total. The molecule has 0 amide bonds. The SMILES string of the molecule is COCCNC(N)=NC[C@H]1CCCN1CC(C)C.I. The standard InChI is InChI=1S/C13H28N4O.HI/c1-11(2)10-17-7-4-5-12(17)9-16-13(14)15-6-8-18-3;/h11-12H,4-10H2,1-3H3,(H3,14,15,16);1H/t12-;/m1./s1. The number of halogens is 1. The van der Waals surface area contributed by atoms with Crippen LogP contribution >= 0.6 is 24.0 Å². The van der Waals surface area contributed by atoms with E-state index in [2.05, 4.69) is 29.1 Å². The molecule has 0 aliphatic carbocycles. The summed E-state index contributed by atoms with van der Waals surface area (Å²) in [5, 5.41) is 3.05. The van der Waals surface area contributed by atoms with Crippen LogP contribution in [0.25, 0.3) is 0 Å². The molecule has 0 aromatic carbocycles. The minimum absolute atomic E-state index is 0. The molecule has 0 aromatic heterocycles. The number of guanidine groups is 1. The highest BCUT2D eigenvalue weighted by Gasteiger charge is 2.24. The number of hydrogen-bond donors (Lipinski definition) is 2. The van der Waals surface area contributed by atoms with Crippen molar-refractivity contribution in [3.05, 3.63) is 0 Å². The molecule has 0 bridgehead atoms. The number of nitrogens with zero attached hydrogens (tertiary/aromatic N) is 2. The first-order valence-corrected chi connectivity index (χ1v) is 6.90. The van der Waals surface area contributed by atoms with E-state index in [0.717, 1.165) is 13.1 Å². The number of aliphatic imine (C=N–C) groups is 1. The third-order valence-corrected chi connectivity index (χ3v) is 3.18. The van der Waals surface area contributed by atoms with Gasteiger partial charge in [-0.3, -0.25) is 9.89 Å². The lowest BCUT2D eigenvalue weighted by atomic mass is 10.2. The second-order valence-electron chi connectivity index (χ2n) is 5.33. The van der Waals surface area contributed by atoms with E-state index in [4.69, 9.17) is 10.5 Å². The zero-order chi connectivity index (χ0) is 13.4. The van der Waals surface area contributed by atoms with Crippen molar-refractivity contribution in [2.75, 3.05) is 39.9 Å². The third-order valence-electron chi connectivity index (χ3n) is 3.18. The smallest absolute Gasteiger partial charge is 0.188 e. The number of nitrogens with one attached hydrogen (secondary N) is 1. The molecular formula is C13H29IN4O. The van der Waals surface area contributed by atoms with Crippen LogP contribution in [0.2, 0.25) is 0 Å². The van der Waals surface area contributed by atoms with Gasteiger partial charge in [-0.25, -0.2) is 0 Å². The van der Waals surface area contributed by atoms with Gasteiger partial charge in [-0.1, -0.05) is 13.8 Å². The molecule has 1 aliphatic rings. The van der Waals surface area contributed by atoms with Gasteiger partial charge in [0, 0.05) is 26.2 Å². The van der Waals surface area contributed by atoms with Crippen LogP contribution in [0, 0.1) is 5.92 Å². The maximum absolute atomic E-state index is 5.80. The van der Waals surface area contributed by atoms with Crippen LogP contribution in [0.3, 0.4) is 0 Å². The Bertz CT molecular complexity index is 261. The Hall–Kier alpha value is -0.0800. The average Bonchev–Trinajstić information content (AvgIpc) is 2.73. The molecule has 0 unspecified atom stereocenters. The number of nitrogens with two attached hydrogens (primary N) is 1. The summed E-state index contributed by atoms with van der Waals surface area (Å²) in [4.78, 5) is 6.96. The molecule has 5 nitrogen and oxygen atoms in total. The Morgan fingerprint density at radius 1 is 1.53 bits per heavy atom. The van der Waals surface area contributed by atoms with Crippen LogP contribution in [-0.4, -0.2) is 56.8 Å². The summed E-state index contributed by atoms with van der Waals surface area (Å²) in [5.74, 6) is 1.25. The molecule has 6 heteroatoms. The molecule has 0 aromatic rings. The quantitative estimate of drug-likeness (QED) is 0.301. The zero-order valence-corrected chi connectivity index (χ0v) is 14.7. The summed E-state index contributed by atoms with van der Waals surface area (Å²) in [6, 6.07) is 0.565. The second kappa shape index (κ2) is 10.7. The van der Waals surface area contributed by atoms with Gasteiger partial charge in [-0.05, 0) is 25.3 Å². The lowest BCUT2D eigenvalue weighted by Gasteiger charge is -2.24. The molecular weight excluding hydrogens is 355 g/mol. The molecule has 1 fully saturated rings. The van der Waals surface area contributed by atoms with Crippen LogP contribution in [0.1, 0.15) is 26.7 Å². The first-order chi connectivity index (χ1) is 8.63. The topological polar surface area (TPSA) is 62.9 Å². The predicted octanol–water partition coefficient (Wildman–Crippen LogP) is 1.28. The van der Waals surface area contributed by atoms with Crippen LogP contribution in [0.4, 0.5) is 0 Å². The molecule has 19 heavy (non-hydrogen) atoms. The summed E-state index contributed by atoms with van der Waals surface area (Å²) < 4.78 is 4.95.